The van der Waals surface area contributed by atoms with Crippen molar-refractivity contribution in [3.8, 4) is 5.75 Å². The molecule has 1 fully saturated rings. The molecule has 0 unspecified atom stereocenters. The molecule has 2 aromatic rings. The largest absolute Gasteiger partial charge is 0.496 e. The highest BCUT2D eigenvalue weighted by Crippen LogP contribution is 2.42. The third-order valence-electron chi connectivity index (χ3n) is 4.08. The number of methoxy groups -OCH3 is 1. The molecule has 0 amide bonds. The van der Waals surface area contributed by atoms with Gasteiger partial charge in [-0.25, -0.2) is 0 Å². The Balaban J connectivity index is 2.25. The first-order valence-corrected chi connectivity index (χ1v) is 6.66. The second-order valence-electron chi connectivity index (χ2n) is 5.11. The molecule has 18 heavy (non-hydrogen) atoms. The smallest absolute Gasteiger partial charge is 0.126 e. The third-order valence-corrected chi connectivity index (χ3v) is 4.08. The van der Waals surface area contributed by atoms with Gasteiger partial charge in [0.05, 0.1) is 7.11 Å². The average Bonchev–Trinajstić information content (AvgIpc) is 2.91. The Morgan fingerprint density at radius 1 is 1.06 bits per heavy atom. The fourth-order valence-electron chi connectivity index (χ4n) is 3.22. The van der Waals surface area contributed by atoms with Gasteiger partial charge in [-0.3, -0.25) is 0 Å². The van der Waals surface area contributed by atoms with Crippen LogP contribution in [0.1, 0.15) is 37.2 Å². The Hall–Kier alpha value is -1.70. The van der Waals surface area contributed by atoms with E-state index in [0.717, 1.165) is 11.4 Å². The minimum Gasteiger partial charge on any atom is -0.496 e. The summed E-state index contributed by atoms with van der Waals surface area (Å²) in [5.74, 6) is 1.56. The summed E-state index contributed by atoms with van der Waals surface area (Å²) < 4.78 is 5.44. The molecule has 3 rings (SSSR count). The van der Waals surface area contributed by atoms with Crippen LogP contribution in [0.25, 0.3) is 10.8 Å². The van der Waals surface area contributed by atoms with E-state index >= 15 is 0 Å². The normalized spacial score (nSPS) is 16.3. The van der Waals surface area contributed by atoms with Gasteiger partial charge in [0.15, 0.2) is 0 Å². The van der Waals surface area contributed by atoms with E-state index in [9.17, 15) is 0 Å². The molecule has 0 atom stereocenters. The standard InChI is InChI=1S/C16H19NO/c1-18-15-8-4-7-13-12(15)9-10-14(17)16(13)11-5-2-3-6-11/h4,7-11H,2-3,5-6,17H2,1H3. The van der Waals surface area contributed by atoms with Crippen molar-refractivity contribution in [2.24, 2.45) is 0 Å². The molecule has 2 aromatic carbocycles. The van der Waals surface area contributed by atoms with Crippen LogP contribution in [0.2, 0.25) is 0 Å². The first-order chi connectivity index (χ1) is 8.81. The predicted molar refractivity (Wildman–Crippen MR) is 76.1 cm³/mol. The van der Waals surface area contributed by atoms with Gasteiger partial charge in [0.2, 0.25) is 0 Å². The Labute approximate surface area is 108 Å². The van der Waals surface area contributed by atoms with Crippen LogP contribution < -0.4 is 10.5 Å². The van der Waals surface area contributed by atoms with E-state index in [1.165, 1.54) is 42.0 Å². The number of ether oxygens (including phenoxy) is 1. The lowest BCUT2D eigenvalue weighted by Gasteiger charge is -2.17. The lowest BCUT2D eigenvalue weighted by atomic mass is 9.90. The van der Waals surface area contributed by atoms with Crippen molar-refractivity contribution in [1.82, 2.24) is 0 Å². The molecule has 0 spiro atoms. The minimum absolute atomic E-state index is 0.626. The van der Waals surface area contributed by atoms with Gasteiger partial charge in [-0.1, -0.05) is 25.0 Å². The molecule has 94 valence electrons. The van der Waals surface area contributed by atoms with Gasteiger partial charge in [-0.2, -0.15) is 0 Å². The molecular formula is C16H19NO. The van der Waals surface area contributed by atoms with E-state index in [4.69, 9.17) is 10.5 Å². The maximum atomic E-state index is 6.22. The number of hydrogen-bond donors (Lipinski definition) is 1. The fraction of sp³-hybridized carbons (Fsp3) is 0.375. The summed E-state index contributed by atoms with van der Waals surface area (Å²) in [6, 6.07) is 10.3. The molecule has 1 aliphatic rings. The van der Waals surface area contributed by atoms with E-state index in [0.29, 0.717) is 5.92 Å². The van der Waals surface area contributed by atoms with Crippen LogP contribution in [0.5, 0.6) is 5.75 Å². The van der Waals surface area contributed by atoms with Crippen LogP contribution in [0, 0.1) is 0 Å². The van der Waals surface area contributed by atoms with Crippen molar-refractivity contribution in [2.75, 3.05) is 12.8 Å². The van der Waals surface area contributed by atoms with Crippen LogP contribution in [-0.2, 0) is 0 Å². The molecule has 0 radical (unpaired) electrons. The lowest BCUT2D eigenvalue weighted by Crippen LogP contribution is -2.00. The number of hydrogen-bond acceptors (Lipinski definition) is 2. The first-order valence-electron chi connectivity index (χ1n) is 6.66. The zero-order valence-corrected chi connectivity index (χ0v) is 10.8. The second kappa shape index (κ2) is 4.52. The van der Waals surface area contributed by atoms with E-state index in [2.05, 4.69) is 18.2 Å². The highest BCUT2D eigenvalue weighted by Gasteiger charge is 2.21. The Morgan fingerprint density at radius 3 is 2.56 bits per heavy atom. The molecule has 1 aliphatic carbocycles. The fourth-order valence-corrected chi connectivity index (χ4v) is 3.22. The quantitative estimate of drug-likeness (QED) is 0.804. The summed E-state index contributed by atoms with van der Waals surface area (Å²) in [6.45, 7) is 0. The summed E-state index contributed by atoms with van der Waals surface area (Å²) in [5.41, 5.74) is 8.49. The second-order valence-corrected chi connectivity index (χ2v) is 5.11. The van der Waals surface area contributed by atoms with Gasteiger partial charge < -0.3 is 10.5 Å². The zero-order valence-electron chi connectivity index (χ0n) is 10.8. The van der Waals surface area contributed by atoms with Gasteiger partial charge in [0, 0.05) is 11.1 Å². The highest BCUT2D eigenvalue weighted by molar-refractivity contribution is 5.94. The summed E-state index contributed by atoms with van der Waals surface area (Å²) in [7, 11) is 1.72. The van der Waals surface area contributed by atoms with Crippen molar-refractivity contribution in [3.63, 3.8) is 0 Å². The molecule has 0 saturated heterocycles. The van der Waals surface area contributed by atoms with Gasteiger partial charge in [-0.05, 0) is 47.9 Å². The van der Waals surface area contributed by atoms with Crippen LogP contribution in [0.3, 0.4) is 0 Å². The molecule has 2 N–H and O–H groups in total. The van der Waals surface area contributed by atoms with Crippen molar-refractivity contribution >= 4 is 16.5 Å². The molecule has 2 nitrogen and oxygen atoms in total. The minimum atomic E-state index is 0.626. The molecule has 0 aromatic heterocycles. The third kappa shape index (κ3) is 1.72. The topological polar surface area (TPSA) is 35.2 Å². The van der Waals surface area contributed by atoms with Gasteiger partial charge >= 0.3 is 0 Å². The van der Waals surface area contributed by atoms with Crippen molar-refractivity contribution in [1.29, 1.82) is 0 Å². The van der Waals surface area contributed by atoms with Crippen LogP contribution >= 0.6 is 0 Å². The van der Waals surface area contributed by atoms with E-state index in [1.54, 1.807) is 7.11 Å². The SMILES string of the molecule is COc1cccc2c(C3CCCC3)c(N)ccc12. The zero-order chi connectivity index (χ0) is 12.5. The lowest BCUT2D eigenvalue weighted by molar-refractivity contribution is 0.420. The van der Waals surface area contributed by atoms with Gasteiger partial charge in [0.25, 0.3) is 0 Å². The molecule has 1 saturated carbocycles. The molecule has 2 heteroatoms. The summed E-state index contributed by atoms with van der Waals surface area (Å²) in [6.07, 6.45) is 5.18. The number of anilines is 1. The van der Waals surface area contributed by atoms with Crippen LogP contribution in [0.4, 0.5) is 5.69 Å². The van der Waals surface area contributed by atoms with Crippen molar-refractivity contribution in [2.45, 2.75) is 31.6 Å². The highest BCUT2D eigenvalue weighted by atomic mass is 16.5. The molecule has 0 aliphatic heterocycles. The van der Waals surface area contributed by atoms with E-state index in [1.807, 2.05) is 12.1 Å². The Morgan fingerprint density at radius 2 is 1.83 bits per heavy atom. The van der Waals surface area contributed by atoms with Crippen LogP contribution in [-0.4, -0.2) is 7.11 Å². The van der Waals surface area contributed by atoms with Crippen LogP contribution in [0.15, 0.2) is 30.3 Å². The monoisotopic (exact) mass is 241 g/mol. The van der Waals surface area contributed by atoms with E-state index < -0.39 is 0 Å². The van der Waals surface area contributed by atoms with Gasteiger partial charge in [-0.15, -0.1) is 0 Å². The predicted octanol–water partition coefficient (Wildman–Crippen LogP) is 4.09. The Kier molecular flexibility index (Phi) is 2.86. The Bertz CT molecular complexity index is 571. The molecule has 0 heterocycles. The summed E-state index contributed by atoms with van der Waals surface area (Å²) >= 11 is 0. The van der Waals surface area contributed by atoms with Crippen molar-refractivity contribution < 1.29 is 4.74 Å². The number of fused-ring (bicyclic) bond motifs is 1. The maximum absolute atomic E-state index is 6.22. The number of nitrogens with two attached hydrogens (primary N) is 1. The number of rotatable bonds is 2. The first kappa shape index (κ1) is 11.4. The average molecular weight is 241 g/mol. The molecular weight excluding hydrogens is 222 g/mol. The number of benzene rings is 2. The van der Waals surface area contributed by atoms with Gasteiger partial charge in [0.1, 0.15) is 5.75 Å². The van der Waals surface area contributed by atoms with Crippen molar-refractivity contribution in [3.05, 3.63) is 35.9 Å². The molecule has 0 bridgehead atoms. The van der Waals surface area contributed by atoms with E-state index in [-0.39, 0.29) is 0 Å². The number of nitrogen functional groups attached to an aromatic ring is 1. The maximum Gasteiger partial charge on any atom is 0.126 e. The summed E-state index contributed by atoms with van der Waals surface area (Å²) in [4.78, 5) is 0. The summed E-state index contributed by atoms with van der Waals surface area (Å²) in [5, 5.41) is 2.44.